The van der Waals surface area contributed by atoms with Gasteiger partial charge in [0.05, 0.1) is 0 Å². The van der Waals surface area contributed by atoms with Gasteiger partial charge in [-0.25, -0.2) is 0 Å². The van der Waals surface area contributed by atoms with Crippen LogP contribution in [0.2, 0.25) is 0 Å². The van der Waals surface area contributed by atoms with Crippen molar-refractivity contribution in [3.8, 4) is 0 Å². The topological polar surface area (TPSA) is 32.3 Å². The fourth-order valence-electron chi connectivity index (χ4n) is 1.33. The number of nitrogens with zero attached hydrogens (tertiary/aromatic N) is 4. The molecule has 1 aliphatic heterocycles. The van der Waals surface area contributed by atoms with Gasteiger partial charge in [-0.05, 0) is 41.2 Å². The summed E-state index contributed by atoms with van der Waals surface area (Å²) >= 11 is 3.68. The fraction of sp³-hybridized carbons (Fsp3) is 0.714. The Bertz CT molecular complexity index is 282. The third-order valence-electron chi connectivity index (χ3n) is 2.18. The van der Waals surface area contributed by atoms with E-state index in [-0.39, 0.29) is 0 Å². The summed E-state index contributed by atoms with van der Waals surface area (Å²) in [4.78, 5) is 8.94. The first-order valence-corrected chi connectivity index (χ1v) is 6.03. The highest BCUT2D eigenvalue weighted by molar-refractivity contribution is 14.1. The maximum Gasteiger partial charge on any atom is 0.238 e. The third-order valence-corrected chi connectivity index (χ3v) is 3.51. The number of piperazine rings is 1. The van der Waals surface area contributed by atoms with Crippen molar-refractivity contribution < 1.29 is 0 Å². The van der Waals surface area contributed by atoms with E-state index in [1.807, 2.05) is 0 Å². The number of likely N-dealkylation sites (N-methyl/N-ethyl adjacent to an activating group) is 1. The molecule has 0 unspecified atom stereocenters. The number of hydrogen-bond acceptors (Lipinski definition) is 5. The summed E-state index contributed by atoms with van der Waals surface area (Å²) in [6.07, 6.45) is 0. The minimum Gasteiger partial charge on any atom is -0.337 e. The molecule has 0 aliphatic carbocycles. The summed E-state index contributed by atoms with van der Waals surface area (Å²) in [6.45, 7) is 4.30. The average Bonchev–Trinajstić information content (AvgIpc) is 2.53. The summed E-state index contributed by atoms with van der Waals surface area (Å²) in [6, 6.07) is 0. The van der Waals surface area contributed by atoms with E-state index in [0.717, 1.165) is 35.1 Å². The van der Waals surface area contributed by atoms with Gasteiger partial charge < -0.3 is 9.80 Å². The van der Waals surface area contributed by atoms with Crippen molar-refractivity contribution in [1.82, 2.24) is 14.3 Å². The lowest BCUT2D eigenvalue weighted by molar-refractivity contribution is 0.311. The van der Waals surface area contributed by atoms with Crippen molar-refractivity contribution in [3.63, 3.8) is 0 Å². The van der Waals surface area contributed by atoms with Crippen LogP contribution in [0.3, 0.4) is 0 Å². The van der Waals surface area contributed by atoms with Gasteiger partial charge in [-0.3, -0.25) is 0 Å². The lowest BCUT2D eigenvalue weighted by atomic mass is 10.3. The summed E-state index contributed by atoms with van der Waals surface area (Å²) in [5, 5.41) is 0. The Balaban J connectivity index is 2.02. The third kappa shape index (κ3) is 2.29. The first-order valence-electron chi connectivity index (χ1n) is 4.18. The highest BCUT2D eigenvalue weighted by Gasteiger charge is 2.17. The molecule has 1 aromatic rings. The largest absolute Gasteiger partial charge is 0.337 e. The van der Waals surface area contributed by atoms with Crippen LogP contribution in [0.4, 0.5) is 5.95 Å². The minimum atomic E-state index is 0.905. The average molecular weight is 310 g/mol. The van der Waals surface area contributed by atoms with Crippen LogP contribution >= 0.6 is 34.1 Å². The Morgan fingerprint density at radius 3 is 2.54 bits per heavy atom. The maximum absolute atomic E-state index is 4.36. The molecule has 72 valence electrons. The van der Waals surface area contributed by atoms with Gasteiger partial charge in [0.1, 0.15) is 0 Å². The number of rotatable bonds is 1. The molecule has 0 aromatic carbocycles. The molecule has 0 saturated carbocycles. The second-order valence-corrected chi connectivity index (χ2v) is 5.64. The molecule has 2 heterocycles. The molecule has 0 radical (unpaired) electrons. The molecule has 2 rings (SSSR count). The van der Waals surface area contributed by atoms with E-state index >= 15 is 0 Å². The van der Waals surface area contributed by atoms with E-state index in [1.54, 1.807) is 0 Å². The van der Waals surface area contributed by atoms with Crippen molar-refractivity contribution in [2.24, 2.45) is 0 Å². The van der Waals surface area contributed by atoms with Crippen molar-refractivity contribution in [3.05, 3.63) is 3.01 Å². The summed E-state index contributed by atoms with van der Waals surface area (Å²) in [5.41, 5.74) is 0. The molecule has 0 spiro atoms. The smallest absolute Gasteiger partial charge is 0.238 e. The highest BCUT2D eigenvalue weighted by atomic mass is 127. The van der Waals surface area contributed by atoms with Gasteiger partial charge in [-0.1, -0.05) is 0 Å². The zero-order valence-electron chi connectivity index (χ0n) is 7.40. The van der Waals surface area contributed by atoms with E-state index in [9.17, 15) is 0 Å². The van der Waals surface area contributed by atoms with Crippen molar-refractivity contribution in [1.29, 1.82) is 0 Å². The van der Waals surface area contributed by atoms with Gasteiger partial charge in [-0.2, -0.15) is 9.36 Å². The Kier molecular flexibility index (Phi) is 2.99. The van der Waals surface area contributed by atoms with Gasteiger partial charge in [-0.15, -0.1) is 0 Å². The fourth-order valence-corrected chi connectivity index (χ4v) is 2.28. The molecular weight excluding hydrogens is 299 g/mol. The predicted octanol–water partition coefficient (Wildman–Crippen LogP) is 0.894. The predicted molar refractivity (Wildman–Crippen MR) is 62.3 cm³/mol. The molecular formula is C7H11IN4S. The van der Waals surface area contributed by atoms with Gasteiger partial charge in [0.25, 0.3) is 0 Å². The van der Waals surface area contributed by atoms with Crippen LogP contribution in [0, 0.1) is 3.01 Å². The van der Waals surface area contributed by atoms with Crippen molar-refractivity contribution >= 4 is 40.1 Å². The Labute approximate surface area is 95.3 Å². The summed E-state index contributed by atoms with van der Waals surface area (Å²) in [5.74, 6) is 0.905. The van der Waals surface area contributed by atoms with Crippen molar-refractivity contribution in [2.45, 2.75) is 0 Å². The van der Waals surface area contributed by atoms with Crippen LogP contribution in [-0.4, -0.2) is 47.5 Å². The van der Waals surface area contributed by atoms with Gasteiger partial charge in [0.2, 0.25) is 5.95 Å². The molecule has 0 atom stereocenters. The molecule has 1 aliphatic rings. The number of aromatic nitrogens is 2. The van der Waals surface area contributed by atoms with Crippen LogP contribution in [0.1, 0.15) is 0 Å². The zero-order chi connectivity index (χ0) is 9.26. The Morgan fingerprint density at radius 2 is 2.00 bits per heavy atom. The summed E-state index contributed by atoms with van der Waals surface area (Å²) < 4.78 is 5.31. The second-order valence-electron chi connectivity index (χ2n) is 3.14. The molecule has 1 fully saturated rings. The summed E-state index contributed by atoms with van der Waals surface area (Å²) in [7, 11) is 2.15. The van der Waals surface area contributed by atoms with E-state index in [0.29, 0.717) is 0 Å². The molecule has 0 N–H and O–H groups in total. The first-order chi connectivity index (χ1) is 6.25. The number of halogens is 1. The molecule has 13 heavy (non-hydrogen) atoms. The van der Waals surface area contributed by atoms with Crippen molar-refractivity contribution in [2.75, 3.05) is 38.1 Å². The van der Waals surface area contributed by atoms with Gasteiger partial charge >= 0.3 is 0 Å². The normalized spacial score (nSPS) is 19.4. The lowest BCUT2D eigenvalue weighted by Crippen LogP contribution is -2.44. The molecule has 1 aromatic heterocycles. The molecule has 4 nitrogen and oxygen atoms in total. The van der Waals surface area contributed by atoms with Crippen LogP contribution in [0.15, 0.2) is 0 Å². The van der Waals surface area contributed by atoms with Crippen LogP contribution in [0.5, 0.6) is 0 Å². The number of hydrogen-bond donors (Lipinski definition) is 0. The second kappa shape index (κ2) is 4.05. The highest BCUT2D eigenvalue weighted by Crippen LogP contribution is 2.16. The quantitative estimate of drug-likeness (QED) is 0.721. The van der Waals surface area contributed by atoms with E-state index in [1.165, 1.54) is 11.5 Å². The monoisotopic (exact) mass is 310 g/mol. The molecule has 6 heteroatoms. The molecule has 0 amide bonds. The number of anilines is 1. The zero-order valence-corrected chi connectivity index (χ0v) is 10.4. The van der Waals surface area contributed by atoms with Crippen LogP contribution < -0.4 is 4.90 Å². The van der Waals surface area contributed by atoms with E-state index < -0.39 is 0 Å². The van der Waals surface area contributed by atoms with E-state index in [4.69, 9.17) is 0 Å². The Morgan fingerprint density at radius 1 is 1.31 bits per heavy atom. The first kappa shape index (κ1) is 9.60. The maximum atomic E-state index is 4.36. The SMILES string of the molecule is CN1CCN(c2nsc(I)n2)CC1. The standard InChI is InChI=1S/C7H11IN4S/c1-11-2-4-12(5-3-11)7-9-6(8)13-10-7/h2-5H2,1H3. The van der Waals surface area contributed by atoms with Crippen LogP contribution in [-0.2, 0) is 0 Å². The van der Waals surface area contributed by atoms with Crippen LogP contribution in [0.25, 0.3) is 0 Å². The molecule has 1 saturated heterocycles. The van der Waals surface area contributed by atoms with Gasteiger partial charge in [0, 0.05) is 26.2 Å². The van der Waals surface area contributed by atoms with E-state index in [2.05, 4.69) is 48.8 Å². The Hall–Kier alpha value is 0.0500. The molecule has 0 bridgehead atoms. The lowest BCUT2D eigenvalue weighted by Gasteiger charge is -2.31. The minimum absolute atomic E-state index is 0.905. The van der Waals surface area contributed by atoms with Gasteiger partial charge in [0.15, 0.2) is 3.01 Å².